The zero-order valence-electron chi connectivity index (χ0n) is 9.44. The molecule has 0 saturated heterocycles. The van der Waals surface area contributed by atoms with Crippen molar-refractivity contribution in [3.63, 3.8) is 0 Å². The second kappa shape index (κ2) is 4.26. The summed E-state index contributed by atoms with van der Waals surface area (Å²) in [6.07, 6.45) is 2.78. The predicted molar refractivity (Wildman–Crippen MR) is 67.9 cm³/mol. The molecular weight excluding hydrogens is 250 g/mol. The summed E-state index contributed by atoms with van der Waals surface area (Å²) >= 11 is 3.52. The van der Waals surface area contributed by atoms with E-state index in [4.69, 9.17) is 0 Å². The van der Waals surface area contributed by atoms with Gasteiger partial charge in [-0.05, 0) is 42.4 Å². The van der Waals surface area contributed by atoms with Crippen molar-refractivity contribution >= 4 is 15.9 Å². The predicted octanol–water partition coefficient (Wildman–Crippen LogP) is 3.65. The molecule has 0 bridgehead atoms. The van der Waals surface area contributed by atoms with Crippen LogP contribution < -0.4 is 5.32 Å². The smallest absolute Gasteiger partial charge is 0.0205 e. The van der Waals surface area contributed by atoms with Crippen LogP contribution in [0.2, 0.25) is 0 Å². The fourth-order valence-electron chi connectivity index (χ4n) is 1.72. The van der Waals surface area contributed by atoms with Crippen molar-refractivity contribution in [2.45, 2.75) is 33.2 Å². The largest absolute Gasteiger partial charge is 0.312 e. The summed E-state index contributed by atoms with van der Waals surface area (Å²) in [5.41, 5.74) is 3.29. The molecular formula is C13H18BrN. The van der Waals surface area contributed by atoms with E-state index in [9.17, 15) is 0 Å². The van der Waals surface area contributed by atoms with Gasteiger partial charge >= 0.3 is 0 Å². The summed E-state index contributed by atoms with van der Waals surface area (Å²) in [5, 5.41) is 3.54. The van der Waals surface area contributed by atoms with E-state index in [1.165, 1.54) is 28.4 Å². The molecule has 0 spiro atoms. The normalized spacial score (nSPS) is 17.8. The summed E-state index contributed by atoms with van der Waals surface area (Å²) < 4.78 is 1.19. The van der Waals surface area contributed by atoms with E-state index < -0.39 is 0 Å². The highest BCUT2D eigenvalue weighted by Crippen LogP contribution is 2.44. The third-order valence-electron chi connectivity index (χ3n) is 3.21. The molecule has 15 heavy (non-hydrogen) atoms. The van der Waals surface area contributed by atoms with Gasteiger partial charge in [0.2, 0.25) is 0 Å². The summed E-state index contributed by atoms with van der Waals surface area (Å²) in [5.74, 6) is 0. The number of hydrogen-bond acceptors (Lipinski definition) is 1. The Morgan fingerprint density at radius 1 is 1.40 bits per heavy atom. The van der Waals surface area contributed by atoms with E-state index in [0.717, 1.165) is 13.1 Å². The molecule has 0 unspecified atom stereocenters. The summed E-state index contributed by atoms with van der Waals surface area (Å²) in [6, 6.07) is 6.55. The molecule has 1 aromatic carbocycles. The Morgan fingerprint density at radius 2 is 2.13 bits per heavy atom. The van der Waals surface area contributed by atoms with E-state index >= 15 is 0 Å². The third kappa shape index (κ3) is 3.05. The lowest BCUT2D eigenvalue weighted by Gasteiger charge is -2.10. The lowest BCUT2D eigenvalue weighted by Crippen LogP contribution is -2.21. The Bertz CT molecular complexity index is 356. The van der Waals surface area contributed by atoms with Gasteiger partial charge in [0.05, 0.1) is 0 Å². The van der Waals surface area contributed by atoms with Crippen LogP contribution in [0.15, 0.2) is 22.7 Å². The molecule has 0 radical (unpaired) electrons. The Balaban J connectivity index is 1.85. The van der Waals surface area contributed by atoms with Crippen LogP contribution in [-0.2, 0) is 6.54 Å². The maximum Gasteiger partial charge on any atom is 0.0205 e. The molecule has 0 heterocycles. The van der Waals surface area contributed by atoms with Gasteiger partial charge in [0, 0.05) is 17.6 Å². The lowest BCUT2D eigenvalue weighted by atomic mass is 10.1. The number of nitrogens with one attached hydrogen (secondary N) is 1. The average Bonchev–Trinajstić information content (AvgIpc) is 2.90. The molecule has 1 saturated carbocycles. The first-order valence-corrected chi connectivity index (χ1v) is 6.34. The van der Waals surface area contributed by atoms with Crippen LogP contribution in [0, 0.1) is 12.3 Å². The number of benzene rings is 1. The minimum Gasteiger partial charge on any atom is -0.312 e. The molecule has 1 nitrogen and oxygen atoms in total. The minimum atomic E-state index is 0.602. The molecule has 1 N–H and O–H groups in total. The first-order chi connectivity index (χ1) is 7.09. The zero-order chi connectivity index (χ0) is 10.9. The highest BCUT2D eigenvalue weighted by atomic mass is 79.9. The standard InChI is InChI=1S/C13H18BrN/c1-10-7-11(3-4-12(10)14)8-15-9-13(2)5-6-13/h3-4,7,15H,5-6,8-9H2,1-2H3. The highest BCUT2D eigenvalue weighted by molar-refractivity contribution is 9.10. The van der Waals surface area contributed by atoms with Crippen molar-refractivity contribution in [3.05, 3.63) is 33.8 Å². The number of aryl methyl sites for hydroxylation is 1. The van der Waals surface area contributed by atoms with Gasteiger partial charge in [-0.15, -0.1) is 0 Å². The van der Waals surface area contributed by atoms with Crippen molar-refractivity contribution in [2.75, 3.05) is 6.54 Å². The van der Waals surface area contributed by atoms with Crippen LogP contribution >= 0.6 is 15.9 Å². The fraction of sp³-hybridized carbons (Fsp3) is 0.538. The molecule has 0 amide bonds. The maximum atomic E-state index is 3.54. The quantitative estimate of drug-likeness (QED) is 0.879. The van der Waals surface area contributed by atoms with Gasteiger partial charge in [-0.2, -0.15) is 0 Å². The van der Waals surface area contributed by atoms with Gasteiger partial charge in [-0.1, -0.05) is 35.0 Å². The SMILES string of the molecule is Cc1cc(CNCC2(C)CC2)ccc1Br. The van der Waals surface area contributed by atoms with Crippen LogP contribution in [0.4, 0.5) is 0 Å². The first kappa shape index (κ1) is 11.2. The monoisotopic (exact) mass is 267 g/mol. The van der Waals surface area contributed by atoms with E-state index in [2.05, 4.69) is 53.3 Å². The highest BCUT2D eigenvalue weighted by Gasteiger charge is 2.36. The first-order valence-electron chi connectivity index (χ1n) is 5.55. The van der Waals surface area contributed by atoms with Gasteiger partial charge in [0.15, 0.2) is 0 Å². The van der Waals surface area contributed by atoms with Crippen molar-refractivity contribution in [1.82, 2.24) is 5.32 Å². The van der Waals surface area contributed by atoms with E-state index in [0.29, 0.717) is 5.41 Å². The van der Waals surface area contributed by atoms with Crippen molar-refractivity contribution < 1.29 is 0 Å². The van der Waals surface area contributed by atoms with Crippen LogP contribution in [-0.4, -0.2) is 6.54 Å². The van der Waals surface area contributed by atoms with Crippen LogP contribution in [0.5, 0.6) is 0 Å². The van der Waals surface area contributed by atoms with E-state index in [1.807, 2.05) is 0 Å². The molecule has 1 aliphatic rings. The van der Waals surface area contributed by atoms with Crippen molar-refractivity contribution in [2.24, 2.45) is 5.41 Å². The minimum absolute atomic E-state index is 0.602. The topological polar surface area (TPSA) is 12.0 Å². The maximum absolute atomic E-state index is 3.54. The van der Waals surface area contributed by atoms with E-state index in [-0.39, 0.29) is 0 Å². The second-order valence-electron chi connectivity index (χ2n) is 5.00. The Labute approximate surface area is 100 Å². The van der Waals surface area contributed by atoms with Gasteiger partial charge < -0.3 is 5.32 Å². The van der Waals surface area contributed by atoms with Crippen molar-refractivity contribution in [1.29, 1.82) is 0 Å². The molecule has 0 aromatic heterocycles. The summed E-state index contributed by atoms with van der Waals surface area (Å²) in [6.45, 7) is 6.63. The lowest BCUT2D eigenvalue weighted by molar-refractivity contribution is 0.499. The van der Waals surface area contributed by atoms with Crippen LogP contribution in [0.3, 0.4) is 0 Å². The number of rotatable bonds is 4. The van der Waals surface area contributed by atoms with Crippen LogP contribution in [0.1, 0.15) is 30.9 Å². The molecule has 0 atom stereocenters. The number of halogens is 1. The van der Waals surface area contributed by atoms with Crippen LogP contribution in [0.25, 0.3) is 0 Å². The Hall–Kier alpha value is -0.340. The average molecular weight is 268 g/mol. The summed E-state index contributed by atoms with van der Waals surface area (Å²) in [4.78, 5) is 0. The number of hydrogen-bond donors (Lipinski definition) is 1. The third-order valence-corrected chi connectivity index (χ3v) is 4.10. The molecule has 1 fully saturated rings. The molecule has 2 rings (SSSR count). The van der Waals surface area contributed by atoms with Crippen molar-refractivity contribution in [3.8, 4) is 0 Å². The van der Waals surface area contributed by atoms with Gasteiger partial charge in [-0.25, -0.2) is 0 Å². The second-order valence-corrected chi connectivity index (χ2v) is 5.85. The molecule has 2 heteroatoms. The molecule has 0 aliphatic heterocycles. The Morgan fingerprint density at radius 3 is 2.73 bits per heavy atom. The van der Waals surface area contributed by atoms with Gasteiger partial charge in [0.25, 0.3) is 0 Å². The zero-order valence-corrected chi connectivity index (χ0v) is 11.0. The summed E-state index contributed by atoms with van der Waals surface area (Å²) in [7, 11) is 0. The Kier molecular flexibility index (Phi) is 3.17. The molecule has 1 aromatic rings. The van der Waals surface area contributed by atoms with E-state index in [1.54, 1.807) is 0 Å². The fourth-order valence-corrected chi connectivity index (χ4v) is 1.96. The van der Waals surface area contributed by atoms with Gasteiger partial charge in [0.1, 0.15) is 0 Å². The molecule has 1 aliphatic carbocycles. The molecule has 82 valence electrons. The van der Waals surface area contributed by atoms with Gasteiger partial charge in [-0.3, -0.25) is 0 Å².